The average molecular weight is 250 g/mol. The Morgan fingerprint density at radius 3 is 2.44 bits per heavy atom. The largest absolute Gasteiger partial charge is 0.478 e. The van der Waals surface area contributed by atoms with Crippen molar-refractivity contribution in [2.75, 3.05) is 11.1 Å². The minimum atomic E-state index is -0.993. The van der Waals surface area contributed by atoms with Crippen molar-refractivity contribution in [2.24, 2.45) is 5.92 Å². The first-order valence-corrected chi connectivity index (χ1v) is 6.38. The molecule has 0 aliphatic carbocycles. The molecule has 0 aromatic heterocycles. The molecule has 1 aromatic carbocycles. The fourth-order valence-corrected chi connectivity index (χ4v) is 2.22. The van der Waals surface area contributed by atoms with Crippen LogP contribution in [0.2, 0.25) is 0 Å². The maximum Gasteiger partial charge on any atom is 0.337 e. The van der Waals surface area contributed by atoms with Gasteiger partial charge in [-0.1, -0.05) is 26.7 Å². The molecular weight excluding hydrogens is 228 g/mol. The van der Waals surface area contributed by atoms with E-state index in [1.165, 1.54) is 0 Å². The van der Waals surface area contributed by atoms with E-state index in [-0.39, 0.29) is 5.56 Å². The Balaban J connectivity index is 2.80. The number of nitrogen functional groups attached to an aromatic ring is 1. The summed E-state index contributed by atoms with van der Waals surface area (Å²) in [5.74, 6) is -0.391. The van der Waals surface area contributed by atoms with Gasteiger partial charge in [0.25, 0.3) is 0 Å². The molecule has 4 nitrogen and oxygen atoms in total. The van der Waals surface area contributed by atoms with Gasteiger partial charge in [0.15, 0.2) is 0 Å². The Kier molecular flexibility index (Phi) is 5.01. The summed E-state index contributed by atoms with van der Waals surface area (Å²) in [6, 6.07) is 5.33. The van der Waals surface area contributed by atoms with Crippen molar-refractivity contribution in [1.82, 2.24) is 0 Å². The standard InChI is InChI=1S/C14H22N2O2/c1-4-10(5-2)9(3)16-11-6-7-12(14(17)18)13(15)8-11/h6-10,16H,4-5,15H2,1-3H3,(H,17,18). The van der Waals surface area contributed by atoms with Crippen molar-refractivity contribution < 1.29 is 9.90 Å². The summed E-state index contributed by atoms with van der Waals surface area (Å²) in [6.45, 7) is 6.49. The second kappa shape index (κ2) is 6.28. The van der Waals surface area contributed by atoms with Crippen LogP contribution in [0.5, 0.6) is 0 Å². The summed E-state index contributed by atoms with van der Waals surface area (Å²) >= 11 is 0. The summed E-state index contributed by atoms with van der Waals surface area (Å²) < 4.78 is 0. The van der Waals surface area contributed by atoms with Gasteiger partial charge in [-0.15, -0.1) is 0 Å². The highest BCUT2D eigenvalue weighted by molar-refractivity contribution is 5.94. The maximum atomic E-state index is 10.9. The number of hydrogen-bond donors (Lipinski definition) is 3. The van der Waals surface area contributed by atoms with Crippen molar-refractivity contribution in [3.8, 4) is 0 Å². The first kappa shape index (κ1) is 14.4. The molecule has 0 radical (unpaired) electrons. The topological polar surface area (TPSA) is 75.3 Å². The van der Waals surface area contributed by atoms with Gasteiger partial charge < -0.3 is 16.2 Å². The number of aromatic carboxylic acids is 1. The van der Waals surface area contributed by atoms with Crippen molar-refractivity contribution in [3.63, 3.8) is 0 Å². The van der Waals surface area contributed by atoms with Crippen LogP contribution < -0.4 is 11.1 Å². The number of benzene rings is 1. The van der Waals surface area contributed by atoms with Crippen LogP contribution in [0.1, 0.15) is 44.0 Å². The predicted molar refractivity (Wildman–Crippen MR) is 75.0 cm³/mol. The fraction of sp³-hybridized carbons (Fsp3) is 0.500. The van der Waals surface area contributed by atoms with Crippen LogP contribution in [0.4, 0.5) is 11.4 Å². The number of nitrogens with two attached hydrogens (primary N) is 1. The molecule has 0 saturated heterocycles. The monoisotopic (exact) mass is 250 g/mol. The molecule has 4 heteroatoms. The molecule has 0 fully saturated rings. The molecule has 4 N–H and O–H groups in total. The molecule has 18 heavy (non-hydrogen) atoms. The normalized spacial score (nSPS) is 12.4. The Hall–Kier alpha value is -1.71. The Morgan fingerprint density at radius 2 is 2.00 bits per heavy atom. The van der Waals surface area contributed by atoms with Crippen molar-refractivity contribution in [2.45, 2.75) is 39.7 Å². The molecule has 0 saturated carbocycles. The lowest BCUT2D eigenvalue weighted by molar-refractivity contribution is 0.0698. The molecule has 1 atom stereocenters. The lowest BCUT2D eigenvalue weighted by Crippen LogP contribution is -2.25. The predicted octanol–water partition coefficient (Wildman–Crippen LogP) is 3.20. The summed E-state index contributed by atoms with van der Waals surface area (Å²) in [5.41, 5.74) is 7.03. The lowest BCUT2D eigenvalue weighted by Gasteiger charge is -2.23. The van der Waals surface area contributed by atoms with Gasteiger partial charge in [0.05, 0.1) is 5.56 Å². The lowest BCUT2D eigenvalue weighted by atomic mass is 9.95. The van der Waals surface area contributed by atoms with Crippen LogP contribution in [0, 0.1) is 5.92 Å². The smallest absolute Gasteiger partial charge is 0.337 e. The van der Waals surface area contributed by atoms with Crippen LogP contribution in [0.25, 0.3) is 0 Å². The van der Waals surface area contributed by atoms with Gasteiger partial charge in [0.2, 0.25) is 0 Å². The van der Waals surface area contributed by atoms with Crippen molar-refractivity contribution >= 4 is 17.3 Å². The highest BCUT2D eigenvalue weighted by Gasteiger charge is 2.14. The zero-order chi connectivity index (χ0) is 13.7. The van der Waals surface area contributed by atoms with E-state index in [9.17, 15) is 4.79 Å². The quantitative estimate of drug-likeness (QED) is 0.678. The van der Waals surface area contributed by atoms with Gasteiger partial charge in [-0.3, -0.25) is 0 Å². The summed E-state index contributed by atoms with van der Waals surface area (Å²) in [7, 11) is 0. The molecule has 0 aliphatic heterocycles. The van der Waals surface area contributed by atoms with Gasteiger partial charge in [-0.05, 0) is 31.0 Å². The highest BCUT2D eigenvalue weighted by Crippen LogP contribution is 2.22. The van der Waals surface area contributed by atoms with E-state index in [1.807, 2.05) is 0 Å². The number of carboxylic acid groups (broad SMARTS) is 1. The summed E-state index contributed by atoms with van der Waals surface area (Å²) in [4.78, 5) is 10.9. The van der Waals surface area contributed by atoms with Gasteiger partial charge in [-0.2, -0.15) is 0 Å². The van der Waals surface area contributed by atoms with Gasteiger partial charge in [0.1, 0.15) is 0 Å². The number of carboxylic acids is 1. The molecule has 0 spiro atoms. The van der Waals surface area contributed by atoms with Gasteiger partial charge >= 0.3 is 5.97 Å². The maximum absolute atomic E-state index is 10.9. The highest BCUT2D eigenvalue weighted by atomic mass is 16.4. The van der Waals surface area contributed by atoms with E-state index in [4.69, 9.17) is 10.8 Å². The molecule has 0 heterocycles. The molecule has 0 bridgehead atoms. The van der Waals surface area contributed by atoms with Gasteiger partial charge in [-0.25, -0.2) is 4.79 Å². The van der Waals surface area contributed by atoms with Crippen LogP contribution in [-0.2, 0) is 0 Å². The van der Waals surface area contributed by atoms with Crippen molar-refractivity contribution in [3.05, 3.63) is 23.8 Å². The van der Waals surface area contributed by atoms with E-state index in [1.54, 1.807) is 18.2 Å². The third-order valence-electron chi connectivity index (χ3n) is 3.43. The molecule has 1 rings (SSSR count). The van der Waals surface area contributed by atoms with E-state index in [0.29, 0.717) is 17.6 Å². The second-order valence-electron chi connectivity index (χ2n) is 4.62. The van der Waals surface area contributed by atoms with E-state index < -0.39 is 5.97 Å². The minimum Gasteiger partial charge on any atom is -0.478 e. The summed E-state index contributed by atoms with van der Waals surface area (Å²) in [5, 5.41) is 12.3. The SMILES string of the molecule is CCC(CC)C(C)Nc1ccc(C(=O)O)c(N)c1. The van der Waals surface area contributed by atoms with E-state index >= 15 is 0 Å². The van der Waals surface area contributed by atoms with Crippen molar-refractivity contribution in [1.29, 1.82) is 0 Å². The second-order valence-corrected chi connectivity index (χ2v) is 4.62. The van der Waals surface area contributed by atoms with Crippen LogP contribution in [-0.4, -0.2) is 17.1 Å². The molecule has 100 valence electrons. The third-order valence-corrected chi connectivity index (χ3v) is 3.43. The summed E-state index contributed by atoms with van der Waals surface area (Å²) in [6.07, 6.45) is 2.24. The zero-order valence-corrected chi connectivity index (χ0v) is 11.2. The molecular formula is C14H22N2O2. The fourth-order valence-electron chi connectivity index (χ4n) is 2.22. The molecule has 0 aliphatic rings. The first-order chi connectivity index (χ1) is 8.49. The Morgan fingerprint density at radius 1 is 1.39 bits per heavy atom. The van der Waals surface area contributed by atoms with Gasteiger partial charge in [0, 0.05) is 17.4 Å². The van der Waals surface area contributed by atoms with Crippen LogP contribution in [0.3, 0.4) is 0 Å². The number of rotatable bonds is 6. The number of anilines is 2. The third kappa shape index (κ3) is 3.39. The van der Waals surface area contributed by atoms with E-state index in [0.717, 1.165) is 18.5 Å². The Labute approximate surface area is 108 Å². The molecule has 1 unspecified atom stereocenters. The molecule has 1 aromatic rings. The van der Waals surface area contributed by atoms with Crippen LogP contribution in [0.15, 0.2) is 18.2 Å². The molecule has 0 amide bonds. The minimum absolute atomic E-state index is 0.149. The first-order valence-electron chi connectivity index (χ1n) is 6.38. The average Bonchev–Trinajstić information content (AvgIpc) is 2.30. The number of carbonyl (C=O) groups is 1. The zero-order valence-electron chi connectivity index (χ0n) is 11.2. The van der Waals surface area contributed by atoms with Crippen LogP contribution >= 0.6 is 0 Å². The number of nitrogens with one attached hydrogen (secondary N) is 1. The Bertz CT molecular complexity index is 414. The van der Waals surface area contributed by atoms with E-state index in [2.05, 4.69) is 26.1 Å². The number of hydrogen-bond acceptors (Lipinski definition) is 3.